The average molecular weight is 345 g/mol. The van der Waals surface area contributed by atoms with Crippen LogP contribution < -0.4 is 5.32 Å². The summed E-state index contributed by atoms with van der Waals surface area (Å²) in [6.45, 7) is 1.87. The van der Waals surface area contributed by atoms with Gasteiger partial charge in [-0.2, -0.15) is 5.10 Å². The number of hydrogen-bond acceptors (Lipinski definition) is 3. The fourth-order valence-corrected chi connectivity index (χ4v) is 2.48. The number of carboxylic acid groups (broad SMARTS) is 1. The van der Waals surface area contributed by atoms with Crippen molar-refractivity contribution in [2.45, 2.75) is 6.92 Å². The summed E-state index contributed by atoms with van der Waals surface area (Å²) in [6.07, 6.45) is 0. The maximum Gasteiger partial charge on any atom is 0.322 e. The number of rotatable bonds is 3. The first kappa shape index (κ1) is 12.2. The van der Waals surface area contributed by atoms with E-state index in [4.69, 9.17) is 5.11 Å². The zero-order valence-electron chi connectivity index (χ0n) is 9.49. The molecule has 0 fully saturated rings. The third kappa shape index (κ3) is 2.36. The minimum absolute atomic E-state index is 0.0802. The number of anilines is 1. The van der Waals surface area contributed by atoms with E-state index < -0.39 is 5.97 Å². The van der Waals surface area contributed by atoms with Gasteiger partial charge in [-0.1, -0.05) is 0 Å². The van der Waals surface area contributed by atoms with Crippen LogP contribution in [-0.2, 0) is 11.8 Å². The maximum atomic E-state index is 10.5. The number of nitrogens with one attached hydrogen (secondary N) is 1. The minimum Gasteiger partial charge on any atom is -0.480 e. The normalized spacial score (nSPS) is 10.8. The molecule has 0 aliphatic carbocycles. The van der Waals surface area contributed by atoms with Gasteiger partial charge in [-0.15, -0.1) is 0 Å². The van der Waals surface area contributed by atoms with Crippen molar-refractivity contribution < 1.29 is 9.90 Å². The molecule has 0 saturated carbocycles. The second kappa shape index (κ2) is 4.52. The third-order valence-electron chi connectivity index (χ3n) is 2.58. The number of hydrogen-bond donors (Lipinski definition) is 2. The van der Waals surface area contributed by atoms with Crippen molar-refractivity contribution >= 4 is 45.2 Å². The molecule has 0 radical (unpaired) electrons. The number of carboxylic acids is 1. The van der Waals surface area contributed by atoms with Crippen molar-refractivity contribution in [3.63, 3.8) is 0 Å². The van der Waals surface area contributed by atoms with Crippen LogP contribution in [0.2, 0.25) is 0 Å². The largest absolute Gasteiger partial charge is 0.480 e. The molecular weight excluding hydrogens is 333 g/mol. The van der Waals surface area contributed by atoms with Crippen LogP contribution in [0.3, 0.4) is 0 Å². The fraction of sp³-hybridized carbons (Fsp3) is 0.273. The van der Waals surface area contributed by atoms with E-state index in [1.807, 2.05) is 30.8 Å². The quantitative estimate of drug-likeness (QED) is 0.835. The van der Waals surface area contributed by atoms with Crippen LogP contribution in [0.1, 0.15) is 5.56 Å². The van der Waals surface area contributed by atoms with Crippen LogP contribution in [0.4, 0.5) is 5.69 Å². The Kier molecular flexibility index (Phi) is 3.23. The van der Waals surface area contributed by atoms with Crippen LogP contribution in [0.15, 0.2) is 12.1 Å². The number of benzene rings is 1. The summed E-state index contributed by atoms with van der Waals surface area (Å²) in [6, 6.07) is 3.96. The highest BCUT2D eigenvalue weighted by Crippen LogP contribution is 2.26. The smallest absolute Gasteiger partial charge is 0.322 e. The van der Waals surface area contributed by atoms with Crippen molar-refractivity contribution in [1.82, 2.24) is 9.78 Å². The Balaban J connectivity index is 2.47. The third-order valence-corrected chi connectivity index (χ3v) is 3.38. The Labute approximate surface area is 112 Å². The molecule has 0 saturated heterocycles. The second-order valence-corrected chi connectivity index (χ2v) is 4.87. The number of carbonyl (C=O) groups is 1. The Bertz CT molecular complexity index is 592. The van der Waals surface area contributed by atoms with Gasteiger partial charge in [0.2, 0.25) is 0 Å². The Hall–Kier alpha value is -1.31. The first-order valence-electron chi connectivity index (χ1n) is 5.07. The Morgan fingerprint density at radius 2 is 2.29 bits per heavy atom. The summed E-state index contributed by atoms with van der Waals surface area (Å²) in [4.78, 5) is 10.5. The fourth-order valence-electron chi connectivity index (χ4n) is 1.73. The summed E-state index contributed by atoms with van der Waals surface area (Å²) < 4.78 is 2.74. The lowest BCUT2D eigenvalue weighted by Crippen LogP contribution is -2.13. The zero-order valence-corrected chi connectivity index (χ0v) is 11.6. The number of fused-ring (bicyclic) bond motifs is 1. The van der Waals surface area contributed by atoms with E-state index in [0.717, 1.165) is 25.9 Å². The summed E-state index contributed by atoms with van der Waals surface area (Å²) >= 11 is 2.17. The highest BCUT2D eigenvalue weighted by molar-refractivity contribution is 14.1. The van der Waals surface area contributed by atoms with E-state index in [1.165, 1.54) is 0 Å². The van der Waals surface area contributed by atoms with Gasteiger partial charge >= 0.3 is 5.97 Å². The average Bonchev–Trinajstić information content (AvgIpc) is 2.51. The van der Waals surface area contributed by atoms with E-state index in [-0.39, 0.29) is 6.54 Å². The van der Waals surface area contributed by atoms with Gasteiger partial charge in [0.05, 0.1) is 5.52 Å². The van der Waals surface area contributed by atoms with Crippen molar-refractivity contribution in [3.05, 3.63) is 21.4 Å². The molecule has 0 unspecified atom stereocenters. The molecule has 17 heavy (non-hydrogen) atoms. The van der Waals surface area contributed by atoms with Gasteiger partial charge in [-0.3, -0.25) is 9.48 Å². The number of aromatic nitrogens is 2. The lowest BCUT2D eigenvalue weighted by atomic mass is 10.1. The van der Waals surface area contributed by atoms with Crippen LogP contribution in [-0.4, -0.2) is 27.4 Å². The molecule has 1 aromatic heterocycles. The Morgan fingerprint density at radius 3 is 2.94 bits per heavy atom. The van der Waals surface area contributed by atoms with Gasteiger partial charge in [0.25, 0.3) is 0 Å². The van der Waals surface area contributed by atoms with Crippen molar-refractivity contribution in [2.75, 3.05) is 11.9 Å². The van der Waals surface area contributed by atoms with Crippen molar-refractivity contribution in [2.24, 2.45) is 7.05 Å². The van der Waals surface area contributed by atoms with E-state index in [0.29, 0.717) is 0 Å². The van der Waals surface area contributed by atoms with Gasteiger partial charge in [0.15, 0.2) is 0 Å². The van der Waals surface area contributed by atoms with E-state index >= 15 is 0 Å². The molecular formula is C11H12IN3O2. The molecule has 2 rings (SSSR count). The molecule has 0 spiro atoms. The van der Waals surface area contributed by atoms with Crippen LogP contribution in [0.25, 0.3) is 10.9 Å². The Morgan fingerprint density at radius 1 is 1.59 bits per heavy atom. The molecule has 90 valence electrons. The van der Waals surface area contributed by atoms with Gasteiger partial charge in [0.1, 0.15) is 10.2 Å². The molecule has 1 heterocycles. The number of halogens is 1. The van der Waals surface area contributed by atoms with Crippen LogP contribution in [0.5, 0.6) is 0 Å². The highest BCUT2D eigenvalue weighted by Gasteiger charge is 2.09. The SMILES string of the molecule is Cc1cc2c(cc1NCC(=O)O)c(I)nn2C. The summed E-state index contributed by atoms with van der Waals surface area (Å²) in [5.74, 6) is -0.870. The molecule has 0 aliphatic heterocycles. The first-order chi connectivity index (χ1) is 7.99. The number of aliphatic carboxylic acids is 1. The monoisotopic (exact) mass is 345 g/mol. The van der Waals surface area contributed by atoms with Gasteiger partial charge < -0.3 is 10.4 Å². The minimum atomic E-state index is -0.870. The van der Waals surface area contributed by atoms with Gasteiger partial charge in [-0.05, 0) is 47.2 Å². The summed E-state index contributed by atoms with van der Waals surface area (Å²) in [7, 11) is 1.90. The topological polar surface area (TPSA) is 67.2 Å². The first-order valence-corrected chi connectivity index (χ1v) is 6.15. The number of nitrogens with zero attached hydrogens (tertiary/aromatic N) is 2. The predicted molar refractivity (Wildman–Crippen MR) is 74.3 cm³/mol. The molecule has 1 aromatic carbocycles. The molecule has 0 aliphatic rings. The molecule has 6 heteroatoms. The van der Waals surface area contributed by atoms with Crippen molar-refractivity contribution in [1.29, 1.82) is 0 Å². The number of aryl methyl sites for hydroxylation is 2. The van der Waals surface area contributed by atoms with E-state index in [9.17, 15) is 4.79 Å². The van der Waals surface area contributed by atoms with E-state index in [1.54, 1.807) is 0 Å². The lowest BCUT2D eigenvalue weighted by Gasteiger charge is -2.08. The van der Waals surface area contributed by atoms with Gasteiger partial charge in [0, 0.05) is 18.1 Å². The van der Waals surface area contributed by atoms with Crippen molar-refractivity contribution in [3.8, 4) is 0 Å². The lowest BCUT2D eigenvalue weighted by molar-refractivity contribution is -0.134. The second-order valence-electron chi connectivity index (χ2n) is 3.85. The molecule has 0 atom stereocenters. The molecule has 2 aromatic rings. The standard InChI is InChI=1S/C11H12IN3O2/c1-6-3-9-7(11(12)14-15(9)2)4-8(6)13-5-10(16)17/h3-4,13H,5H2,1-2H3,(H,16,17). The van der Waals surface area contributed by atoms with E-state index in [2.05, 4.69) is 33.0 Å². The highest BCUT2D eigenvalue weighted by atomic mass is 127. The zero-order chi connectivity index (χ0) is 12.6. The summed E-state index contributed by atoms with van der Waals surface area (Å²) in [5, 5.41) is 16.9. The molecule has 0 bridgehead atoms. The summed E-state index contributed by atoms with van der Waals surface area (Å²) in [5.41, 5.74) is 2.90. The molecule has 5 nitrogen and oxygen atoms in total. The predicted octanol–water partition coefficient (Wildman–Crippen LogP) is 1.98. The molecule has 2 N–H and O–H groups in total. The van der Waals surface area contributed by atoms with Crippen LogP contribution in [0, 0.1) is 10.6 Å². The van der Waals surface area contributed by atoms with Crippen LogP contribution >= 0.6 is 22.6 Å². The molecule has 0 amide bonds. The maximum absolute atomic E-state index is 10.5. The van der Waals surface area contributed by atoms with Gasteiger partial charge in [-0.25, -0.2) is 0 Å².